The van der Waals surface area contributed by atoms with Crippen molar-refractivity contribution < 1.29 is 5.11 Å². The lowest BCUT2D eigenvalue weighted by atomic mass is 10.4. The third-order valence-electron chi connectivity index (χ3n) is 1.63. The molecule has 1 unspecified atom stereocenters. The SMILES string of the molecule is CC(O)CNCCNc1ccncn1. The molecule has 1 aromatic rings. The monoisotopic (exact) mass is 196 g/mol. The first kappa shape index (κ1) is 10.9. The second-order valence-corrected chi connectivity index (χ2v) is 3.07. The summed E-state index contributed by atoms with van der Waals surface area (Å²) in [6.07, 6.45) is 2.90. The maximum Gasteiger partial charge on any atom is 0.129 e. The van der Waals surface area contributed by atoms with E-state index >= 15 is 0 Å². The van der Waals surface area contributed by atoms with Gasteiger partial charge in [-0.05, 0) is 13.0 Å². The largest absolute Gasteiger partial charge is 0.392 e. The van der Waals surface area contributed by atoms with Crippen molar-refractivity contribution in [2.75, 3.05) is 25.0 Å². The van der Waals surface area contributed by atoms with E-state index in [4.69, 9.17) is 5.11 Å². The number of hydrogen-bond donors (Lipinski definition) is 3. The van der Waals surface area contributed by atoms with Crippen LogP contribution in [-0.4, -0.2) is 40.8 Å². The average molecular weight is 196 g/mol. The molecule has 0 aromatic carbocycles. The molecular weight excluding hydrogens is 180 g/mol. The lowest BCUT2D eigenvalue weighted by Gasteiger charge is -2.07. The number of aliphatic hydroxyl groups excluding tert-OH is 1. The van der Waals surface area contributed by atoms with E-state index < -0.39 is 0 Å². The fourth-order valence-electron chi connectivity index (χ4n) is 0.985. The summed E-state index contributed by atoms with van der Waals surface area (Å²) < 4.78 is 0. The Bertz CT molecular complexity index is 240. The minimum absolute atomic E-state index is 0.297. The van der Waals surface area contributed by atoms with Gasteiger partial charge in [0.1, 0.15) is 12.1 Å². The Morgan fingerprint density at radius 2 is 2.36 bits per heavy atom. The van der Waals surface area contributed by atoms with Crippen LogP contribution in [0.4, 0.5) is 5.82 Å². The van der Waals surface area contributed by atoms with E-state index in [0.717, 1.165) is 18.9 Å². The molecule has 78 valence electrons. The molecule has 0 fully saturated rings. The van der Waals surface area contributed by atoms with Crippen molar-refractivity contribution in [3.63, 3.8) is 0 Å². The van der Waals surface area contributed by atoms with E-state index in [1.165, 1.54) is 6.33 Å². The van der Waals surface area contributed by atoms with Gasteiger partial charge in [-0.15, -0.1) is 0 Å². The van der Waals surface area contributed by atoms with E-state index in [-0.39, 0.29) is 6.10 Å². The van der Waals surface area contributed by atoms with Crippen LogP contribution in [0.5, 0.6) is 0 Å². The summed E-state index contributed by atoms with van der Waals surface area (Å²) in [6, 6.07) is 1.81. The van der Waals surface area contributed by atoms with Gasteiger partial charge in [0.25, 0.3) is 0 Å². The zero-order chi connectivity index (χ0) is 10.2. The number of aliphatic hydroxyl groups is 1. The Hall–Kier alpha value is -1.20. The van der Waals surface area contributed by atoms with Crippen molar-refractivity contribution in [1.29, 1.82) is 0 Å². The second kappa shape index (κ2) is 6.28. The average Bonchev–Trinajstić information content (AvgIpc) is 2.18. The molecule has 5 heteroatoms. The normalized spacial score (nSPS) is 12.4. The highest BCUT2D eigenvalue weighted by atomic mass is 16.3. The molecule has 1 aromatic heterocycles. The Morgan fingerprint density at radius 3 is 3.00 bits per heavy atom. The van der Waals surface area contributed by atoms with Gasteiger partial charge >= 0.3 is 0 Å². The molecule has 1 rings (SSSR count). The molecule has 0 spiro atoms. The van der Waals surface area contributed by atoms with E-state index in [0.29, 0.717) is 6.54 Å². The number of nitrogens with zero attached hydrogens (tertiary/aromatic N) is 2. The van der Waals surface area contributed by atoms with Gasteiger partial charge in [-0.25, -0.2) is 9.97 Å². The molecule has 5 nitrogen and oxygen atoms in total. The number of anilines is 1. The van der Waals surface area contributed by atoms with Crippen molar-refractivity contribution in [3.05, 3.63) is 18.6 Å². The Morgan fingerprint density at radius 1 is 1.50 bits per heavy atom. The Kier molecular flexibility index (Phi) is 4.88. The van der Waals surface area contributed by atoms with Gasteiger partial charge in [0.2, 0.25) is 0 Å². The summed E-state index contributed by atoms with van der Waals surface area (Å²) in [4.78, 5) is 7.83. The van der Waals surface area contributed by atoms with Gasteiger partial charge < -0.3 is 15.7 Å². The van der Waals surface area contributed by atoms with Crippen LogP contribution in [0.3, 0.4) is 0 Å². The number of rotatable bonds is 6. The topological polar surface area (TPSA) is 70.1 Å². The lowest BCUT2D eigenvalue weighted by molar-refractivity contribution is 0.192. The van der Waals surface area contributed by atoms with Crippen LogP contribution >= 0.6 is 0 Å². The van der Waals surface area contributed by atoms with Crippen molar-refractivity contribution in [2.45, 2.75) is 13.0 Å². The van der Waals surface area contributed by atoms with E-state index in [9.17, 15) is 0 Å². The summed E-state index contributed by atoms with van der Waals surface area (Å²) in [5.41, 5.74) is 0. The molecule has 3 N–H and O–H groups in total. The highest BCUT2D eigenvalue weighted by Crippen LogP contribution is 1.95. The van der Waals surface area contributed by atoms with Gasteiger partial charge in [-0.1, -0.05) is 0 Å². The summed E-state index contributed by atoms with van der Waals surface area (Å²) in [5.74, 6) is 0.818. The van der Waals surface area contributed by atoms with Crippen LogP contribution in [0, 0.1) is 0 Å². The maximum absolute atomic E-state index is 8.97. The predicted octanol–water partition coefficient (Wildman–Crippen LogP) is -0.141. The Balaban J connectivity index is 2.05. The van der Waals surface area contributed by atoms with Crippen LogP contribution < -0.4 is 10.6 Å². The fourth-order valence-corrected chi connectivity index (χ4v) is 0.985. The van der Waals surface area contributed by atoms with Gasteiger partial charge in [0.05, 0.1) is 6.10 Å². The molecule has 0 bridgehead atoms. The summed E-state index contributed by atoms with van der Waals surface area (Å²) >= 11 is 0. The highest BCUT2D eigenvalue weighted by molar-refractivity contribution is 5.31. The molecule has 1 atom stereocenters. The molecule has 0 aliphatic carbocycles. The minimum Gasteiger partial charge on any atom is -0.392 e. The second-order valence-electron chi connectivity index (χ2n) is 3.07. The van der Waals surface area contributed by atoms with Gasteiger partial charge in [0.15, 0.2) is 0 Å². The van der Waals surface area contributed by atoms with Crippen molar-refractivity contribution in [1.82, 2.24) is 15.3 Å². The molecule has 0 saturated heterocycles. The molecule has 0 amide bonds. The molecular formula is C9H16N4O. The first-order valence-electron chi connectivity index (χ1n) is 4.67. The molecule has 14 heavy (non-hydrogen) atoms. The molecule has 0 aliphatic rings. The van der Waals surface area contributed by atoms with Crippen molar-refractivity contribution in [3.8, 4) is 0 Å². The van der Waals surface area contributed by atoms with Gasteiger partial charge in [-0.3, -0.25) is 0 Å². The first-order valence-corrected chi connectivity index (χ1v) is 4.67. The standard InChI is InChI=1S/C9H16N4O/c1-8(14)6-10-4-5-12-9-2-3-11-7-13-9/h2-3,7-8,10,14H,4-6H2,1H3,(H,11,12,13). The third kappa shape index (κ3) is 4.74. The smallest absolute Gasteiger partial charge is 0.129 e. The molecule has 0 radical (unpaired) electrons. The van der Waals surface area contributed by atoms with Crippen molar-refractivity contribution >= 4 is 5.82 Å². The van der Waals surface area contributed by atoms with Crippen LogP contribution in [0.15, 0.2) is 18.6 Å². The van der Waals surface area contributed by atoms with Crippen LogP contribution in [0.25, 0.3) is 0 Å². The summed E-state index contributed by atoms with van der Waals surface area (Å²) in [7, 11) is 0. The molecule has 0 saturated carbocycles. The number of hydrogen-bond acceptors (Lipinski definition) is 5. The highest BCUT2D eigenvalue weighted by Gasteiger charge is 1.94. The fraction of sp³-hybridized carbons (Fsp3) is 0.556. The number of nitrogens with one attached hydrogen (secondary N) is 2. The zero-order valence-corrected chi connectivity index (χ0v) is 8.27. The van der Waals surface area contributed by atoms with E-state index in [1.807, 2.05) is 6.07 Å². The van der Waals surface area contributed by atoms with Crippen LogP contribution in [0.2, 0.25) is 0 Å². The molecule has 0 aliphatic heterocycles. The molecule has 1 heterocycles. The lowest BCUT2D eigenvalue weighted by Crippen LogP contribution is -2.29. The van der Waals surface area contributed by atoms with Gasteiger partial charge in [-0.2, -0.15) is 0 Å². The first-order chi connectivity index (χ1) is 6.79. The quantitative estimate of drug-likeness (QED) is 0.552. The Labute approximate surface area is 83.6 Å². The minimum atomic E-state index is -0.297. The maximum atomic E-state index is 8.97. The van der Waals surface area contributed by atoms with E-state index in [2.05, 4.69) is 20.6 Å². The van der Waals surface area contributed by atoms with Crippen molar-refractivity contribution in [2.24, 2.45) is 0 Å². The van der Waals surface area contributed by atoms with Crippen LogP contribution in [0.1, 0.15) is 6.92 Å². The summed E-state index contributed by atoms with van der Waals surface area (Å²) in [5, 5.41) is 15.2. The summed E-state index contributed by atoms with van der Waals surface area (Å²) in [6.45, 7) is 3.95. The van der Waals surface area contributed by atoms with Crippen LogP contribution in [-0.2, 0) is 0 Å². The third-order valence-corrected chi connectivity index (χ3v) is 1.63. The van der Waals surface area contributed by atoms with E-state index in [1.54, 1.807) is 13.1 Å². The predicted molar refractivity (Wildman–Crippen MR) is 55.1 cm³/mol. The van der Waals surface area contributed by atoms with Gasteiger partial charge in [0, 0.05) is 25.8 Å². The number of aromatic nitrogens is 2. The zero-order valence-electron chi connectivity index (χ0n) is 8.27.